The van der Waals surface area contributed by atoms with Gasteiger partial charge in [0.15, 0.2) is 0 Å². The molecule has 1 aliphatic heterocycles. The minimum absolute atomic E-state index is 0.163. The van der Waals surface area contributed by atoms with E-state index >= 15 is 0 Å². The SMILES string of the molecule is COc1ccccc1N(C(=O)OC(C)(C)C)C1CCCCNC1=O. The van der Waals surface area contributed by atoms with Gasteiger partial charge in [0.25, 0.3) is 0 Å². The highest BCUT2D eigenvalue weighted by molar-refractivity contribution is 5.98. The van der Waals surface area contributed by atoms with Crippen LogP contribution in [0.4, 0.5) is 10.5 Å². The van der Waals surface area contributed by atoms with E-state index in [-0.39, 0.29) is 5.91 Å². The predicted octanol–water partition coefficient (Wildman–Crippen LogP) is 3.11. The second-order valence-electron chi connectivity index (χ2n) is 6.82. The predicted molar refractivity (Wildman–Crippen MR) is 92.4 cm³/mol. The number of amides is 2. The smallest absolute Gasteiger partial charge is 0.415 e. The highest BCUT2D eigenvalue weighted by Gasteiger charge is 2.36. The van der Waals surface area contributed by atoms with E-state index in [1.807, 2.05) is 12.1 Å². The molecule has 0 spiro atoms. The Kier molecular flexibility index (Phi) is 5.70. The third-order valence-electron chi connectivity index (χ3n) is 3.75. The number of anilines is 1. The zero-order valence-electron chi connectivity index (χ0n) is 14.8. The summed E-state index contributed by atoms with van der Waals surface area (Å²) in [6.07, 6.45) is 1.80. The molecule has 1 N–H and O–H groups in total. The Morgan fingerprint density at radius 1 is 1.25 bits per heavy atom. The van der Waals surface area contributed by atoms with E-state index in [9.17, 15) is 9.59 Å². The van der Waals surface area contributed by atoms with E-state index in [0.717, 1.165) is 12.8 Å². The number of carbonyl (C=O) groups excluding carboxylic acids is 2. The number of hydrogen-bond donors (Lipinski definition) is 1. The molecule has 1 aromatic rings. The summed E-state index contributed by atoms with van der Waals surface area (Å²) in [6, 6.07) is 6.55. The number of nitrogens with one attached hydrogen (secondary N) is 1. The average molecular weight is 334 g/mol. The van der Waals surface area contributed by atoms with Crippen LogP contribution in [0, 0.1) is 0 Å². The van der Waals surface area contributed by atoms with Crippen LogP contribution in [0.25, 0.3) is 0 Å². The van der Waals surface area contributed by atoms with Crippen LogP contribution in [-0.4, -0.2) is 37.3 Å². The van der Waals surface area contributed by atoms with Gasteiger partial charge in [-0.2, -0.15) is 0 Å². The van der Waals surface area contributed by atoms with Crippen molar-refractivity contribution in [3.63, 3.8) is 0 Å². The first kappa shape index (κ1) is 18.1. The molecule has 2 rings (SSSR count). The monoisotopic (exact) mass is 334 g/mol. The van der Waals surface area contributed by atoms with Crippen LogP contribution in [0.15, 0.2) is 24.3 Å². The Hall–Kier alpha value is -2.24. The standard InChI is InChI=1S/C18H26N2O4/c1-18(2,3)24-17(22)20(13-9-5-6-11-15(13)23-4)14-10-7-8-12-19-16(14)21/h5-6,9,11,14H,7-8,10,12H2,1-4H3,(H,19,21). The van der Waals surface area contributed by atoms with Gasteiger partial charge in [-0.05, 0) is 52.2 Å². The Balaban J connectivity index is 2.44. The molecule has 1 aliphatic rings. The molecule has 132 valence electrons. The van der Waals surface area contributed by atoms with Crippen molar-refractivity contribution in [1.29, 1.82) is 0 Å². The maximum atomic E-state index is 12.9. The molecule has 24 heavy (non-hydrogen) atoms. The summed E-state index contributed by atoms with van der Waals surface area (Å²) in [4.78, 5) is 26.8. The van der Waals surface area contributed by atoms with E-state index in [4.69, 9.17) is 9.47 Å². The van der Waals surface area contributed by atoms with Crippen LogP contribution in [0.5, 0.6) is 5.75 Å². The Bertz CT molecular complexity index is 595. The van der Waals surface area contributed by atoms with Gasteiger partial charge in [-0.15, -0.1) is 0 Å². The largest absolute Gasteiger partial charge is 0.495 e. The third-order valence-corrected chi connectivity index (χ3v) is 3.75. The lowest BCUT2D eigenvalue weighted by atomic mass is 10.1. The average Bonchev–Trinajstić information content (AvgIpc) is 2.71. The van der Waals surface area contributed by atoms with Crippen LogP contribution in [0.1, 0.15) is 40.0 Å². The summed E-state index contributed by atoms with van der Waals surface area (Å²) >= 11 is 0. The number of para-hydroxylation sites is 2. The minimum Gasteiger partial charge on any atom is -0.495 e. The lowest BCUT2D eigenvalue weighted by Gasteiger charge is -2.32. The quantitative estimate of drug-likeness (QED) is 0.922. The fourth-order valence-electron chi connectivity index (χ4n) is 2.70. The number of nitrogens with zero attached hydrogens (tertiary/aromatic N) is 1. The first-order chi connectivity index (χ1) is 11.3. The van der Waals surface area contributed by atoms with Crippen LogP contribution in [0.2, 0.25) is 0 Å². The topological polar surface area (TPSA) is 67.9 Å². The van der Waals surface area contributed by atoms with Crippen molar-refractivity contribution in [2.45, 2.75) is 51.7 Å². The molecule has 6 nitrogen and oxygen atoms in total. The highest BCUT2D eigenvalue weighted by Crippen LogP contribution is 2.32. The van der Waals surface area contributed by atoms with Gasteiger partial charge < -0.3 is 14.8 Å². The number of methoxy groups -OCH3 is 1. The molecule has 0 saturated carbocycles. The molecule has 0 bridgehead atoms. The number of benzene rings is 1. The molecule has 1 saturated heterocycles. The molecule has 1 fully saturated rings. The lowest BCUT2D eigenvalue weighted by molar-refractivity contribution is -0.122. The van der Waals surface area contributed by atoms with E-state index in [2.05, 4.69) is 5.32 Å². The molecule has 0 aromatic heterocycles. The lowest BCUT2D eigenvalue weighted by Crippen LogP contribution is -2.50. The fourth-order valence-corrected chi connectivity index (χ4v) is 2.70. The minimum atomic E-state index is -0.654. The van der Waals surface area contributed by atoms with Crippen molar-refractivity contribution in [3.8, 4) is 5.75 Å². The number of carbonyl (C=O) groups is 2. The molecule has 6 heteroatoms. The molecule has 1 unspecified atom stereocenters. The van der Waals surface area contributed by atoms with E-state index in [1.165, 1.54) is 4.90 Å². The molecule has 1 heterocycles. The van der Waals surface area contributed by atoms with Crippen molar-refractivity contribution in [2.75, 3.05) is 18.6 Å². The molecular formula is C18H26N2O4. The van der Waals surface area contributed by atoms with Gasteiger partial charge in [0.1, 0.15) is 17.4 Å². The van der Waals surface area contributed by atoms with Crippen molar-refractivity contribution >= 4 is 17.7 Å². The summed E-state index contributed by atoms with van der Waals surface area (Å²) in [5.74, 6) is 0.365. The van der Waals surface area contributed by atoms with E-state index in [0.29, 0.717) is 24.4 Å². The van der Waals surface area contributed by atoms with Gasteiger partial charge in [-0.25, -0.2) is 4.79 Å². The molecule has 1 atom stereocenters. The highest BCUT2D eigenvalue weighted by atomic mass is 16.6. The normalized spacial score (nSPS) is 18.3. The molecule has 2 amide bonds. The molecule has 0 aliphatic carbocycles. The molecular weight excluding hydrogens is 308 g/mol. The van der Waals surface area contributed by atoms with Gasteiger partial charge in [-0.3, -0.25) is 9.69 Å². The van der Waals surface area contributed by atoms with Crippen molar-refractivity contribution < 1.29 is 19.1 Å². The summed E-state index contributed by atoms with van der Waals surface area (Å²) in [7, 11) is 1.54. The fraction of sp³-hybridized carbons (Fsp3) is 0.556. The second kappa shape index (κ2) is 7.55. The Morgan fingerprint density at radius 2 is 1.96 bits per heavy atom. The van der Waals surface area contributed by atoms with Gasteiger partial charge in [0.05, 0.1) is 12.8 Å². The van der Waals surface area contributed by atoms with Crippen LogP contribution < -0.4 is 15.0 Å². The van der Waals surface area contributed by atoms with Gasteiger partial charge in [0, 0.05) is 6.54 Å². The zero-order chi connectivity index (χ0) is 17.7. The summed E-state index contributed by atoms with van der Waals surface area (Å²) in [6.45, 7) is 6.04. The number of ether oxygens (including phenoxy) is 2. The number of rotatable bonds is 3. The Morgan fingerprint density at radius 3 is 2.62 bits per heavy atom. The van der Waals surface area contributed by atoms with E-state index in [1.54, 1.807) is 40.0 Å². The molecule has 0 radical (unpaired) electrons. The van der Waals surface area contributed by atoms with Gasteiger partial charge in [0.2, 0.25) is 5.91 Å². The first-order valence-corrected chi connectivity index (χ1v) is 8.26. The van der Waals surface area contributed by atoms with Crippen LogP contribution >= 0.6 is 0 Å². The first-order valence-electron chi connectivity index (χ1n) is 8.26. The summed E-state index contributed by atoms with van der Waals surface area (Å²) in [5, 5.41) is 2.87. The van der Waals surface area contributed by atoms with Gasteiger partial charge in [-0.1, -0.05) is 12.1 Å². The van der Waals surface area contributed by atoms with Crippen molar-refractivity contribution in [1.82, 2.24) is 5.32 Å². The maximum absolute atomic E-state index is 12.9. The van der Waals surface area contributed by atoms with Gasteiger partial charge >= 0.3 is 6.09 Å². The van der Waals surface area contributed by atoms with Crippen molar-refractivity contribution in [3.05, 3.63) is 24.3 Å². The van der Waals surface area contributed by atoms with E-state index < -0.39 is 17.7 Å². The Labute approximate surface area is 143 Å². The molecule has 1 aromatic carbocycles. The maximum Gasteiger partial charge on any atom is 0.415 e. The summed E-state index contributed by atoms with van der Waals surface area (Å²) < 4.78 is 10.9. The zero-order valence-corrected chi connectivity index (χ0v) is 14.8. The van der Waals surface area contributed by atoms with Crippen molar-refractivity contribution in [2.24, 2.45) is 0 Å². The van der Waals surface area contributed by atoms with Crippen LogP contribution in [-0.2, 0) is 9.53 Å². The summed E-state index contributed by atoms with van der Waals surface area (Å²) in [5.41, 5.74) is -0.116. The van der Waals surface area contributed by atoms with Crippen LogP contribution in [0.3, 0.4) is 0 Å². The number of hydrogen-bond acceptors (Lipinski definition) is 4. The second-order valence-corrected chi connectivity index (χ2v) is 6.82. The third kappa shape index (κ3) is 4.40.